The largest absolute Gasteiger partial charge is 0.337 e. The summed E-state index contributed by atoms with van der Waals surface area (Å²) >= 11 is 1.17. The number of anilines is 1. The summed E-state index contributed by atoms with van der Waals surface area (Å²) in [7, 11) is 0.686. The molecule has 5 amide bonds. The number of imide groups is 1. The first-order valence-electron chi connectivity index (χ1n) is 12.7. The molecule has 0 saturated carbocycles. The van der Waals surface area contributed by atoms with Crippen LogP contribution in [-0.4, -0.2) is 74.0 Å². The van der Waals surface area contributed by atoms with E-state index in [2.05, 4.69) is 10.6 Å². The summed E-state index contributed by atoms with van der Waals surface area (Å²) in [6, 6.07) is 14.1. The molecule has 0 spiro atoms. The summed E-state index contributed by atoms with van der Waals surface area (Å²) in [6.45, 7) is 2.35. The average Bonchev–Trinajstić information content (AvgIpc) is 3.30. The Kier molecular flexibility index (Phi) is 8.90. The third kappa shape index (κ3) is 6.64. The van der Waals surface area contributed by atoms with Crippen molar-refractivity contribution in [2.24, 2.45) is 0 Å². The van der Waals surface area contributed by atoms with E-state index < -0.39 is 27.9 Å². The van der Waals surface area contributed by atoms with Gasteiger partial charge in [0.2, 0.25) is 15.9 Å². The van der Waals surface area contributed by atoms with E-state index in [4.69, 9.17) is 0 Å². The zero-order valence-corrected chi connectivity index (χ0v) is 24.8. The molecule has 0 radical (unpaired) electrons. The maximum atomic E-state index is 13.2. The van der Waals surface area contributed by atoms with Gasteiger partial charge >= 0.3 is 6.03 Å². The van der Waals surface area contributed by atoms with Crippen LogP contribution in [0, 0.1) is 0 Å². The van der Waals surface area contributed by atoms with Crippen LogP contribution in [0.1, 0.15) is 43.6 Å². The number of carbonyl (C=O) groups is 4. The Labute approximate surface area is 242 Å². The second kappa shape index (κ2) is 12.2. The first kappa shape index (κ1) is 29.9. The van der Waals surface area contributed by atoms with Gasteiger partial charge in [-0.3, -0.25) is 19.7 Å². The normalized spacial score (nSPS) is 13.0. The fraction of sp³-hybridized carbons (Fsp3) is 0.286. The predicted molar refractivity (Wildman–Crippen MR) is 155 cm³/mol. The van der Waals surface area contributed by atoms with Crippen molar-refractivity contribution < 1.29 is 27.6 Å². The number of urea groups is 1. The van der Waals surface area contributed by atoms with Gasteiger partial charge in [0.25, 0.3) is 11.8 Å². The topological polar surface area (TPSA) is 136 Å². The lowest BCUT2D eigenvalue weighted by molar-refractivity contribution is -0.129. The minimum Gasteiger partial charge on any atom is -0.337 e. The maximum Gasteiger partial charge on any atom is 0.323 e. The second-order valence-corrected chi connectivity index (χ2v) is 12.9. The molecule has 2 N–H and O–H groups in total. The third-order valence-corrected chi connectivity index (χ3v) is 9.61. The number of carbonyl (C=O) groups excluding carboxylic acids is 4. The summed E-state index contributed by atoms with van der Waals surface area (Å²) in [6.07, 6.45) is 0.392. The van der Waals surface area contributed by atoms with E-state index in [1.807, 2.05) is 30.3 Å². The minimum atomic E-state index is -3.81. The number of nitrogens with zero attached hydrogens (tertiary/aromatic N) is 3. The Bertz CT molecular complexity index is 1580. The Balaban J connectivity index is 1.56. The van der Waals surface area contributed by atoms with Crippen LogP contribution in [0.3, 0.4) is 0 Å². The van der Waals surface area contributed by atoms with Crippen LogP contribution >= 0.6 is 11.3 Å². The van der Waals surface area contributed by atoms with Gasteiger partial charge in [0.1, 0.15) is 5.00 Å². The highest BCUT2D eigenvalue weighted by Crippen LogP contribution is 2.37. The molecule has 2 heterocycles. The van der Waals surface area contributed by atoms with Gasteiger partial charge in [-0.15, -0.1) is 11.3 Å². The number of sulfonamides is 1. The van der Waals surface area contributed by atoms with Gasteiger partial charge in [-0.1, -0.05) is 30.3 Å². The lowest BCUT2D eigenvalue weighted by Crippen LogP contribution is -2.39. The fourth-order valence-electron chi connectivity index (χ4n) is 4.33. The van der Waals surface area contributed by atoms with Crippen LogP contribution in [0.25, 0.3) is 0 Å². The second-order valence-electron chi connectivity index (χ2n) is 9.78. The molecule has 4 rings (SSSR count). The summed E-state index contributed by atoms with van der Waals surface area (Å²) < 4.78 is 27.4. The van der Waals surface area contributed by atoms with Gasteiger partial charge in [0, 0.05) is 51.6 Å². The van der Waals surface area contributed by atoms with Gasteiger partial charge < -0.3 is 15.1 Å². The van der Waals surface area contributed by atoms with Crippen molar-refractivity contribution in [2.45, 2.75) is 31.3 Å². The van der Waals surface area contributed by atoms with Crippen molar-refractivity contribution >= 4 is 50.1 Å². The van der Waals surface area contributed by atoms with Crippen LogP contribution in [0.5, 0.6) is 0 Å². The van der Waals surface area contributed by atoms with Crippen LogP contribution < -0.4 is 10.6 Å². The number of hydrogen-bond donors (Lipinski definition) is 2. The highest BCUT2D eigenvalue weighted by Gasteiger charge is 2.31. The molecule has 1 aliphatic rings. The first-order chi connectivity index (χ1) is 19.4. The third-order valence-electron chi connectivity index (χ3n) is 6.66. The molecule has 0 unspecified atom stereocenters. The molecule has 11 nitrogen and oxygen atoms in total. The Morgan fingerprint density at radius 2 is 1.61 bits per heavy atom. The van der Waals surface area contributed by atoms with E-state index in [9.17, 15) is 27.6 Å². The van der Waals surface area contributed by atoms with Crippen LogP contribution in [0.2, 0.25) is 0 Å². The lowest BCUT2D eigenvalue weighted by atomic mass is 10.0. The van der Waals surface area contributed by atoms with Crippen molar-refractivity contribution in [1.29, 1.82) is 0 Å². The number of nitrogens with one attached hydrogen (secondary N) is 2. The zero-order chi connectivity index (χ0) is 29.9. The molecular weight excluding hydrogens is 566 g/mol. The van der Waals surface area contributed by atoms with Crippen molar-refractivity contribution in [2.75, 3.05) is 33.0 Å². The number of thiophene rings is 1. The van der Waals surface area contributed by atoms with E-state index in [0.29, 0.717) is 18.5 Å². The minimum absolute atomic E-state index is 0.0330. The molecule has 3 aromatic rings. The number of benzene rings is 2. The van der Waals surface area contributed by atoms with Gasteiger partial charge in [0.15, 0.2) is 0 Å². The van der Waals surface area contributed by atoms with Gasteiger partial charge in [0.05, 0.1) is 17.0 Å². The molecule has 41 heavy (non-hydrogen) atoms. The highest BCUT2D eigenvalue weighted by molar-refractivity contribution is 7.89. The van der Waals surface area contributed by atoms with Gasteiger partial charge in [-0.05, 0) is 41.8 Å². The number of hydrogen-bond acceptors (Lipinski definition) is 7. The first-order valence-corrected chi connectivity index (χ1v) is 15.0. The fourth-order valence-corrected chi connectivity index (χ4v) is 6.75. The SMILES string of the molecule is CC(=O)N1CCc2c(sc(NC(=O)c3ccc(S(=O)(=O)N(C)Cc4ccccc4)cc3)c2C(=O)NC(=O)N(C)C)C1. The lowest BCUT2D eigenvalue weighted by Gasteiger charge is -2.26. The molecule has 0 aliphatic carbocycles. The van der Waals surface area contributed by atoms with Gasteiger partial charge in [-0.25, -0.2) is 13.2 Å². The molecular formula is C28H31N5O6S2. The molecule has 0 atom stereocenters. The maximum absolute atomic E-state index is 13.2. The standard InChI is InChI=1S/C28H31N5O6S2/c1-18(34)33-15-14-22-23(17-33)40-27(24(22)26(36)30-28(37)31(2)3)29-25(35)20-10-12-21(13-11-20)41(38,39)32(4)16-19-8-6-5-7-9-19/h5-13H,14-17H2,1-4H3,(H,29,35)(H,30,36,37). The Morgan fingerprint density at radius 3 is 2.22 bits per heavy atom. The van der Waals surface area contributed by atoms with E-state index in [1.54, 1.807) is 4.90 Å². The monoisotopic (exact) mass is 597 g/mol. The van der Waals surface area contributed by atoms with Crippen molar-refractivity contribution in [3.63, 3.8) is 0 Å². The summed E-state index contributed by atoms with van der Waals surface area (Å²) in [4.78, 5) is 54.1. The van der Waals surface area contributed by atoms with Crippen LogP contribution in [0.15, 0.2) is 59.5 Å². The molecule has 2 aromatic carbocycles. The average molecular weight is 598 g/mol. The van der Waals surface area contributed by atoms with E-state index in [1.165, 1.54) is 72.9 Å². The molecule has 1 aliphatic heterocycles. The molecule has 0 fully saturated rings. The van der Waals surface area contributed by atoms with E-state index in [-0.39, 0.29) is 40.0 Å². The summed E-state index contributed by atoms with van der Waals surface area (Å²) in [5.41, 5.74) is 1.88. The smallest absolute Gasteiger partial charge is 0.323 e. The highest BCUT2D eigenvalue weighted by atomic mass is 32.2. The van der Waals surface area contributed by atoms with Crippen molar-refractivity contribution in [1.82, 2.24) is 19.4 Å². The Morgan fingerprint density at radius 1 is 0.951 bits per heavy atom. The Hall–Kier alpha value is -4.07. The number of rotatable bonds is 7. The van der Waals surface area contributed by atoms with E-state index in [0.717, 1.165) is 10.4 Å². The molecule has 0 saturated heterocycles. The molecule has 216 valence electrons. The quantitative estimate of drug-likeness (QED) is 0.430. The van der Waals surface area contributed by atoms with Crippen LogP contribution in [-0.2, 0) is 34.3 Å². The zero-order valence-electron chi connectivity index (χ0n) is 23.1. The summed E-state index contributed by atoms with van der Waals surface area (Å²) in [5, 5.41) is 5.32. The summed E-state index contributed by atoms with van der Waals surface area (Å²) in [5.74, 6) is -1.31. The van der Waals surface area contributed by atoms with Crippen molar-refractivity contribution in [3.8, 4) is 0 Å². The van der Waals surface area contributed by atoms with Crippen LogP contribution in [0.4, 0.5) is 9.80 Å². The van der Waals surface area contributed by atoms with Crippen molar-refractivity contribution in [3.05, 3.63) is 81.7 Å². The van der Waals surface area contributed by atoms with Gasteiger partial charge in [-0.2, -0.15) is 4.31 Å². The predicted octanol–water partition coefficient (Wildman–Crippen LogP) is 3.14. The number of fused-ring (bicyclic) bond motifs is 1. The number of amides is 5. The van der Waals surface area contributed by atoms with E-state index >= 15 is 0 Å². The molecule has 1 aromatic heterocycles. The molecule has 0 bridgehead atoms. The molecule has 13 heteroatoms.